The van der Waals surface area contributed by atoms with Crippen LogP contribution >= 0.6 is 0 Å². The topological polar surface area (TPSA) is 73.2 Å². The third-order valence-electron chi connectivity index (χ3n) is 8.65. The lowest BCUT2D eigenvalue weighted by molar-refractivity contribution is -0.148. The number of ether oxygens (including phenoxy) is 1. The summed E-state index contributed by atoms with van der Waals surface area (Å²) in [5.41, 5.74) is 3.54. The number of carbonyl (C=O) groups excluding carboxylic acids is 2. The Morgan fingerprint density at radius 1 is 1.18 bits per heavy atom. The third-order valence-corrected chi connectivity index (χ3v) is 8.65. The molecular formula is C27H35N3O3. The predicted molar refractivity (Wildman–Crippen MR) is 126 cm³/mol. The molecule has 6 nitrogen and oxygen atoms in total. The predicted octanol–water partition coefficient (Wildman–Crippen LogP) is 4.48. The van der Waals surface area contributed by atoms with Crippen LogP contribution in [0.5, 0.6) is 0 Å². The van der Waals surface area contributed by atoms with Crippen molar-refractivity contribution in [2.24, 2.45) is 22.7 Å². The molecule has 2 bridgehead atoms. The second-order valence-corrected chi connectivity index (χ2v) is 11.0. The first kappa shape index (κ1) is 22.2. The van der Waals surface area contributed by atoms with Crippen LogP contribution in [-0.4, -0.2) is 34.3 Å². The summed E-state index contributed by atoms with van der Waals surface area (Å²) in [6.07, 6.45) is 5.48. The van der Waals surface area contributed by atoms with E-state index in [0.29, 0.717) is 37.5 Å². The number of amides is 1. The number of benzene rings is 1. The van der Waals surface area contributed by atoms with Crippen molar-refractivity contribution in [1.29, 1.82) is 0 Å². The number of fused-ring (bicyclic) bond motifs is 3. The van der Waals surface area contributed by atoms with Crippen molar-refractivity contribution in [2.45, 2.75) is 72.3 Å². The van der Waals surface area contributed by atoms with Crippen LogP contribution in [0.25, 0.3) is 5.69 Å². The lowest BCUT2D eigenvalue weighted by Gasteiger charge is -2.43. The summed E-state index contributed by atoms with van der Waals surface area (Å²) >= 11 is 0. The zero-order valence-corrected chi connectivity index (χ0v) is 20.2. The Morgan fingerprint density at radius 2 is 1.94 bits per heavy atom. The summed E-state index contributed by atoms with van der Waals surface area (Å²) in [6, 6.07) is 10.1. The number of hydrogen-bond donors (Lipinski definition) is 1. The van der Waals surface area contributed by atoms with Gasteiger partial charge in [0.1, 0.15) is 0 Å². The van der Waals surface area contributed by atoms with E-state index in [-0.39, 0.29) is 34.7 Å². The van der Waals surface area contributed by atoms with Crippen LogP contribution in [0.2, 0.25) is 0 Å². The van der Waals surface area contributed by atoms with Crippen molar-refractivity contribution in [3.63, 3.8) is 0 Å². The molecule has 0 aliphatic heterocycles. The molecule has 0 saturated heterocycles. The highest BCUT2D eigenvalue weighted by Gasteiger charge is 2.59. The van der Waals surface area contributed by atoms with Crippen LogP contribution in [0, 0.1) is 22.7 Å². The molecule has 5 rings (SSSR count). The maximum atomic E-state index is 13.7. The van der Waals surface area contributed by atoms with Crippen LogP contribution in [0.3, 0.4) is 0 Å². The Kier molecular flexibility index (Phi) is 5.37. The molecule has 0 radical (unpaired) electrons. The number of nitrogens with zero attached hydrogens (tertiary/aromatic N) is 2. The quantitative estimate of drug-likeness (QED) is 0.683. The van der Waals surface area contributed by atoms with E-state index in [0.717, 1.165) is 23.4 Å². The first-order valence-electron chi connectivity index (χ1n) is 12.4. The van der Waals surface area contributed by atoms with Gasteiger partial charge in [-0.15, -0.1) is 0 Å². The number of nitrogens with one attached hydrogen (secondary N) is 1. The maximum absolute atomic E-state index is 13.7. The van der Waals surface area contributed by atoms with Gasteiger partial charge >= 0.3 is 5.97 Å². The van der Waals surface area contributed by atoms with Crippen molar-refractivity contribution >= 4 is 11.9 Å². The highest BCUT2D eigenvalue weighted by Crippen LogP contribution is 2.62. The molecule has 3 unspecified atom stereocenters. The van der Waals surface area contributed by atoms with Crippen LogP contribution in [0.4, 0.5) is 0 Å². The van der Waals surface area contributed by atoms with Crippen LogP contribution < -0.4 is 5.32 Å². The molecule has 1 amide bonds. The van der Waals surface area contributed by atoms with Gasteiger partial charge in [-0.2, -0.15) is 5.10 Å². The standard InChI is InChI=1S/C27H35N3O3/c1-5-33-24(32)17-11-12-21-20(15-17)22(29-30(21)19-9-7-6-8-10-19)23(31)28-25-26(2,3)18-13-14-27(25,4)16-18/h6-10,17-18,25H,5,11-16H2,1-4H3,(H,28,31)/t17-,18?,25?,27?/m1/s1. The molecule has 33 heavy (non-hydrogen) atoms. The normalized spacial score (nSPS) is 29.5. The van der Waals surface area contributed by atoms with E-state index in [4.69, 9.17) is 9.84 Å². The average molecular weight is 450 g/mol. The van der Waals surface area contributed by atoms with Gasteiger partial charge < -0.3 is 10.1 Å². The smallest absolute Gasteiger partial charge is 0.309 e. The van der Waals surface area contributed by atoms with Gasteiger partial charge in [0, 0.05) is 17.3 Å². The van der Waals surface area contributed by atoms with Gasteiger partial charge in [-0.1, -0.05) is 39.0 Å². The number of hydrogen-bond acceptors (Lipinski definition) is 4. The summed E-state index contributed by atoms with van der Waals surface area (Å²) in [6.45, 7) is 9.11. The molecule has 1 N–H and O–H groups in total. The van der Waals surface area contributed by atoms with Crippen molar-refractivity contribution in [3.05, 3.63) is 47.3 Å². The Morgan fingerprint density at radius 3 is 2.61 bits per heavy atom. The van der Waals surface area contributed by atoms with Crippen LogP contribution in [0.1, 0.15) is 75.1 Å². The van der Waals surface area contributed by atoms with E-state index in [2.05, 4.69) is 26.1 Å². The molecule has 0 spiro atoms. The number of carbonyl (C=O) groups is 2. The second-order valence-electron chi connectivity index (χ2n) is 11.0. The number of aromatic nitrogens is 2. The summed E-state index contributed by atoms with van der Waals surface area (Å²) in [5.74, 6) is 0.131. The largest absolute Gasteiger partial charge is 0.466 e. The molecule has 6 heteroatoms. The molecule has 3 aliphatic carbocycles. The zero-order chi connectivity index (χ0) is 23.4. The van der Waals surface area contributed by atoms with Crippen molar-refractivity contribution in [1.82, 2.24) is 15.1 Å². The monoisotopic (exact) mass is 449 g/mol. The lowest BCUT2D eigenvalue weighted by atomic mass is 9.68. The Hall–Kier alpha value is -2.63. The van der Waals surface area contributed by atoms with E-state index < -0.39 is 0 Å². The first-order valence-corrected chi connectivity index (χ1v) is 12.4. The molecule has 4 atom stereocenters. The minimum absolute atomic E-state index is 0.0676. The van der Waals surface area contributed by atoms with Gasteiger partial charge in [-0.05, 0) is 74.3 Å². The Balaban J connectivity index is 1.50. The summed E-state index contributed by atoms with van der Waals surface area (Å²) in [5, 5.41) is 8.24. The summed E-state index contributed by atoms with van der Waals surface area (Å²) in [7, 11) is 0. The van der Waals surface area contributed by atoms with Crippen molar-refractivity contribution in [3.8, 4) is 5.69 Å². The SMILES string of the molecule is CCOC(=O)[C@@H]1CCc2c(c(C(=O)NC3C4(C)CCC(C4)C3(C)C)nn2-c2ccccc2)C1. The molecule has 2 fully saturated rings. The van der Waals surface area contributed by atoms with Gasteiger partial charge in [0.05, 0.1) is 18.2 Å². The van der Waals surface area contributed by atoms with E-state index in [1.807, 2.05) is 41.9 Å². The van der Waals surface area contributed by atoms with E-state index in [1.165, 1.54) is 12.8 Å². The van der Waals surface area contributed by atoms with Gasteiger partial charge in [0.2, 0.25) is 0 Å². The molecule has 2 saturated carbocycles. The van der Waals surface area contributed by atoms with Crippen molar-refractivity contribution in [2.75, 3.05) is 6.61 Å². The molecule has 1 aromatic carbocycles. The molecule has 2 aromatic rings. The third kappa shape index (κ3) is 3.58. The van der Waals surface area contributed by atoms with Crippen LogP contribution in [-0.2, 0) is 22.4 Å². The molecule has 176 valence electrons. The Labute approximate surface area is 196 Å². The zero-order valence-electron chi connectivity index (χ0n) is 20.2. The van der Waals surface area contributed by atoms with Gasteiger partial charge in [-0.25, -0.2) is 4.68 Å². The highest BCUT2D eigenvalue weighted by molar-refractivity contribution is 5.95. The highest BCUT2D eigenvalue weighted by atomic mass is 16.5. The molecular weight excluding hydrogens is 414 g/mol. The number of para-hydroxylation sites is 1. The van der Waals surface area contributed by atoms with E-state index in [9.17, 15) is 9.59 Å². The average Bonchev–Trinajstić information content (AvgIpc) is 3.44. The van der Waals surface area contributed by atoms with Crippen LogP contribution in [0.15, 0.2) is 30.3 Å². The van der Waals surface area contributed by atoms with E-state index in [1.54, 1.807) is 0 Å². The minimum atomic E-state index is -0.228. The van der Waals surface area contributed by atoms with Gasteiger partial charge in [-0.3, -0.25) is 9.59 Å². The van der Waals surface area contributed by atoms with E-state index >= 15 is 0 Å². The summed E-state index contributed by atoms with van der Waals surface area (Å²) < 4.78 is 7.21. The summed E-state index contributed by atoms with van der Waals surface area (Å²) in [4.78, 5) is 26.2. The molecule has 1 heterocycles. The first-order chi connectivity index (χ1) is 15.7. The number of esters is 1. The fraction of sp³-hybridized carbons (Fsp3) is 0.593. The second kappa shape index (κ2) is 8.00. The Bertz CT molecular complexity index is 1070. The molecule has 1 aromatic heterocycles. The molecule has 3 aliphatic rings. The lowest BCUT2D eigenvalue weighted by Crippen LogP contribution is -2.52. The fourth-order valence-corrected chi connectivity index (χ4v) is 6.90. The fourth-order valence-electron chi connectivity index (χ4n) is 6.90. The maximum Gasteiger partial charge on any atom is 0.309 e. The van der Waals surface area contributed by atoms with Gasteiger partial charge in [0.15, 0.2) is 5.69 Å². The van der Waals surface area contributed by atoms with Gasteiger partial charge in [0.25, 0.3) is 5.91 Å². The number of rotatable bonds is 5. The minimum Gasteiger partial charge on any atom is -0.466 e. The van der Waals surface area contributed by atoms with Crippen molar-refractivity contribution < 1.29 is 14.3 Å².